The number of rotatable bonds is 3. The third-order valence-electron chi connectivity index (χ3n) is 3.45. The molecule has 0 saturated heterocycles. The monoisotopic (exact) mass is 277 g/mol. The smallest absolute Gasteiger partial charge is 0.184 e. The lowest BCUT2D eigenvalue weighted by Gasteiger charge is -2.33. The first-order valence-corrected chi connectivity index (χ1v) is 6.94. The zero-order valence-electron chi connectivity index (χ0n) is 10.8. The second-order valence-electron chi connectivity index (χ2n) is 4.89. The first-order chi connectivity index (χ1) is 9.12. The summed E-state index contributed by atoms with van der Waals surface area (Å²) in [6.45, 7) is 0. The lowest BCUT2D eigenvalue weighted by molar-refractivity contribution is 0.0711. The average Bonchev–Trinajstić information content (AvgIpc) is 2.40. The van der Waals surface area contributed by atoms with Gasteiger partial charge in [0.1, 0.15) is 5.60 Å². The molecule has 0 atom stereocenters. The van der Waals surface area contributed by atoms with E-state index in [9.17, 15) is 5.11 Å². The van der Waals surface area contributed by atoms with Crippen molar-refractivity contribution in [1.29, 1.82) is 0 Å². The van der Waals surface area contributed by atoms with E-state index in [4.69, 9.17) is 18.0 Å². The fourth-order valence-electron chi connectivity index (χ4n) is 2.52. The van der Waals surface area contributed by atoms with E-state index < -0.39 is 5.60 Å². The van der Waals surface area contributed by atoms with Gasteiger partial charge in [-0.05, 0) is 25.1 Å². The first kappa shape index (κ1) is 14.0. The van der Waals surface area contributed by atoms with Gasteiger partial charge >= 0.3 is 0 Å². The third kappa shape index (κ3) is 3.52. The van der Waals surface area contributed by atoms with Crippen LogP contribution in [0.1, 0.15) is 37.7 Å². The normalized spacial score (nSPS) is 18.9. The van der Waals surface area contributed by atoms with Gasteiger partial charge < -0.3 is 10.8 Å². The van der Waals surface area contributed by atoms with Gasteiger partial charge in [-0.15, -0.1) is 0 Å². The number of nitrogens with zero attached hydrogens (tertiary/aromatic N) is 1. The molecule has 0 amide bonds. The van der Waals surface area contributed by atoms with E-state index in [1.807, 2.05) is 30.3 Å². The van der Waals surface area contributed by atoms with Crippen LogP contribution in [-0.2, 0) is 0 Å². The van der Waals surface area contributed by atoms with Crippen molar-refractivity contribution in [3.8, 4) is 0 Å². The molecule has 19 heavy (non-hydrogen) atoms. The third-order valence-corrected chi connectivity index (χ3v) is 3.54. The summed E-state index contributed by atoms with van der Waals surface area (Å²) in [6.07, 6.45) is 4.62. The topological polar surface area (TPSA) is 70.6 Å². The van der Waals surface area contributed by atoms with Gasteiger partial charge in [-0.25, -0.2) is 0 Å². The van der Waals surface area contributed by atoms with Crippen molar-refractivity contribution < 1.29 is 5.11 Å². The number of aliphatic hydroxyl groups is 1. The molecular weight excluding hydrogens is 258 g/mol. The number of thiocarbonyl (C=S) groups is 1. The highest BCUT2D eigenvalue weighted by atomic mass is 32.1. The molecule has 0 spiro atoms. The van der Waals surface area contributed by atoms with Crippen molar-refractivity contribution in [1.82, 2.24) is 5.43 Å². The van der Waals surface area contributed by atoms with Gasteiger partial charge in [0.25, 0.3) is 0 Å². The van der Waals surface area contributed by atoms with Crippen LogP contribution in [0.25, 0.3) is 0 Å². The van der Waals surface area contributed by atoms with Crippen molar-refractivity contribution >= 4 is 23.0 Å². The summed E-state index contributed by atoms with van der Waals surface area (Å²) in [5.41, 5.74) is 8.66. The van der Waals surface area contributed by atoms with Crippen LogP contribution < -0.4 is 11.2 Å². The van der Waals surface area contributed by atoms with Gasteiger partial charge in [0.15, 0.2) is 5.11 Å². The molecule has 102 valence electrons. The number of hydrogen-bond acceptors (Lipinski definition) is 3. The maximum atomic E-state index is 10.8. The van der Waals surface area contributed by atoms with Gasteiger partial charge in [0.2, 0.25) is 0 Å². The minimum absolute atomic E-state index is 0.104. The maximum Gasteiger partial charge on any atom is 0.184 e. The zero-order valence-corrected chi connectivity index (χ0v) is 11.6. The molecule has 1 aromatic rings. The van der Waals surface area contributed by atoms with E-state index in [1.54, 1.807) is 0 Å². The fourth-order valence-corrected chi connectivity index (χ4v) is 2.56. The Kier molecular flexibility index (Phi) is 4.50. The predicted octanol–water partition coefficient (Wildman–Crippen LogP) is 1.92. The Balaban J connectivity index is 2.34. The Labute approximate surface area is 118 Å². The molecule has 1 aliphatic rings. The molecular formula is C14H19N3OS. The van der Waals surface area contributed by atoms with E-state index in [0.29, 0.717) is 5.71 Å². The van der Waals surface area contributed by atoms with Crippen molar-refractivity contribution in [3.63, 3.8) is 0 Å². The van der Waals surface area contributed by atoms with Crippen LogP contribution in [0.2, 0.25) is 0 Å². The summed E-state index contributed by atoms with van der Waals surface area (Å²) >= 11 is 4.78. The summed E-state index contributed by atoms with van der Waals surface area (Å²) in [5.74, 6) is 0. The molecule has 2 rings (SSSR count). The minimum atomic E-state index is -0.891. The summed E-state index contributed by atoms with van der Waals surface area (Å²) < 4.78 is 0. The van der Waals surface area contributed by atoms with Crippen LogP contribution in [0, 0.1) is 0 Å². The van der Waals surface area contributed by atoms with Gasteiger partial charge in [0, 0.05) is 5.56 Å². The van der Waals surface area contributed by atoms with Crippen molar-refractivity contribution in [3.05, 3.63) is 35.9 Å². The Bertz CT molecular complexity index is 467. The second-order valence-corrected chi connectivity index (χ2v) is 5.33. The highest BCUT2D eigenvalue weighted by Crippen LogP contribution is 2.31. The van der Waals surface area contributed by atoms with E-state index in [0.717, 1.165) is 37.7 Å². The highest BCUT2D eigenvalue weighted by molar-refractivity contribution is 7.80. The summed E-state index contributed by atoms with van der Waals surface area (Å²) in [6, 6.07) is 9.67. The van der Waals surface area contributed by atoms with Crippen molar-refractivity contribution in [2.24, 2.45) is 10.8 Å². The van der Waals surface area contributed by atoms with Gasteiger partial charge in [-0.1, -0.05) is 49.6 Å². The standard InChI is InChI=1S/C14H19N3OS/c15-13(19)17-16-12(11-7-3-1-4-8-11)14(18)9-5-2-6-10-14/h1,3-4,7-8,18H,2,5-6,9-10H2,(H3,15,17,19). The SMILES string of the molecule is NC(=S)NN=C(c1ccccc1)C1(O)CCCCC1. The van der Waals surface area contributed by atoms with Crippen LogP contribution in [0.3, 0.4) is 0 Å². The van der Waals surface area contributed by atoms with E-state index in [-0.39, 0.29) is 5.11 Å². The predicted molar refractivity (Wildman–Crippen MR) is 80.9 cm³/mol. The van der Waals surface area contributed by atoms with Crippen LogP contribution in [0.15, 0.2) is 35.4 Å². The van der Waals surface area contributed by atoms with Crippen LogP contribution in [-0.4, -0.2) is 21.5 Å². The van der Waals surface area contributed by atoms with Crippen molar-refractivity contribution in [2.75, 3.05) is 0 Å². The zero-order chi connectivity index (χ0) is 13.7. The number of hydrazone groups is 1. The molecule has 0 aromatic heterocycles. The Morgan fingerprint density at radius 1 is 1.21 bits per heavy atom. The van der Waals surface area contributed by atoms with E-state index in [2.05, 4.69) is 10.5 Å². The fraction of sp³-hybridized carbons (Fsp3) is 0.429. The lowest BCUT2D eigenvalue weighted by atomic mass is 9.79. The molecule has 1 aliphatic carbocycles. The molecule has 1 fully saturated rings. The molecule has 4 N–H and O–H groups in total. The molecule has 1 saturated carbocycles. The number of benzene rings is 1. The van der Waals surface area contributed by atoms with Gasteiger partial charge in [-0.2, -0.15) is 5.10 Å². The molecule has 5 heteroatoms. The Hall–Kier alpha value is -1.46. The van der Waals surface area contributed by atoms with Gasteiger partial charge in [0.05, 0.1) is 5.71 Å². The number of nitrogens with one attached hydrogen (secondary N) is 1. The maximum absolute atomic E-state index is 10.8. The molecule has 4 nitrogen and oxygen atoms in total. The van der Waals surface area contributed by atoms with Gasteiger partial charge in [-0.3, -0.25) is 5.43 Å². The minimum Gasteiger partial charge on any atom is -0.383 e. The first-order valence-electron chi connectivity index (χ1n) is 6.53. The highest BCUT2D eigenvalue weighted by Gasteiger charge is 2.35. The molecule has 0 heterocycles. The molecule has 0 aliphatic heterocycles. The largest absolute Gasteiger partial charge is 0.383 e. The second kappa shape index (κ2) is 6.12. The van der Waals surface area contributed by atoms with E-state index >= 15 is 0 Å². The molecule has 0 bridgehead atoms. The summed E-state index contributed by atoms with van der Waals surface area (Å²) in [7, 11) is 0. The summed E-state index contributed by atoms with van der Waals surface area (Å²) in [4.78, 5) is 0. The average molecular weight is 277 g/mol. The Morgan fingerprint density at radius 2 is 1.84 bits per heavy atom. The number of hydrogen-bond donors (Lipinski definition) is 3. The molecule has 0 radical (unpaired) electrons. The van der Waals surface area contributed by atoms with Crippen LogP contribution in [0.5, 0.6) is 0 Å². The van der Waals surface area contributed by atoms with Crippen LogP contribution in [0.4, 0.5) is 0 Å². The molecule has 1 aromatic carbocycles. The summed E-state index contributed by atoms with van der Waals surface area (Å²) in [5, 5.41) is 15.2. The molecule has 0 unspecified atom stereocenters. The quantitative estimate of drug-likeness (QED) is 0.448. The lowest BCUT2D eigenvalue weighted by Crippen LogP contribution is -2.42. The van der Waals surface area contributed by atoms with Crippen molar-refractivity contribution in [2.45, 2.75) is 37.7 Å². The Morgan fingerprint density at radius 3 is 2.42 bits per heavy atom. The van der Waals surface area contributed by atoms with E-state index in [1.165, 1.54) is 0 Å². The van der Waals surface area contributed by atoms with Crippen LogP contribution >= 0.6 is 12.2 Å². The number of nitrogens with two attached hydrogens (primary N) is 1.